The second-order valence-electron chi connectivity index (χ2n) is 2.50. The Morgan fingerprint density at radius 2 is 2.22 bits per heavy atom. The van der Waals surface area contributed by atoms with E-state index in [2.05, 4.69) is 0 Å². The third-order valence-corrected chi connectivity index (χ3v) is 1.57. The van der Waals surface area contributed by atoms with Crippen molar-refractivity contribution in [3.63, 3.8) is 0 Å². The Kier molecular flexibility index (Phi) is 1.56. The Bertz CT molecular complexity index is 154. The molecular weight excluding hydrogens is 116 g/mol. The Labute approximate surface area is 54.2 Å². The van der Waals surface area contributed by atoms with Gasteiger partial charge in [-0.15, -0.1) is 0 Å². The van der Waals surface area contributed by atoms with Crippen molar-refractivity contribution in [2.45, 2.75) is 19.8 Å². The summed E-state index contributed by atoms with van der Waals surface area (Å²) in [4.78, 5) is 10.1. The van der Waals surface area contributed by atoms with Gasteiger partial charge in [0.25, 0.3) is 0 Å². The number of carboxylic acid groups (broad SMARTS) is 1. The van der Waals surface area contributed by atoms with Gasteiger partial charge in [0, 0.05) is 6.08 Å². The molecule has 0 atom stereocenters. The first-order valence-electron chi connectivity index (χ1n) is 3.11. The first kappa shape index (κ1) is 6.33. The zero-order chi connectivity index (χ0) is 6.85. The molecule has 2 nitrogen and oxygen atoms in total. The maximum Gasteiger partial charge on any atom is 0.328 e. The van der Waals surface area contributed by atoms with Gasteiger partial charge in [0.1, 0.15) is 0 Å². The molecule has 0 aromatic heterocycles. The van der Waals surface area contributed by atoms with Gasteiger partial charge in [-0.05, 0) is 25.7 Å². The molecule has 9 heavy (non-hydrogen) atoms. The summed E-state index contributed by atoms with van der Waals surface area (Å²) >= 11 is 0. The highest BCUT2D eigenvalue weighted by Gasteiger charge is 2.23. The van der Waals surface area contributed by atoms with Gasteiger partial charge in [-0.3, -0.25) is 0 Å². The number of carboxylic acids is 1. The zero-order valence-corrected chi connectivity index (χ0v) is 5.42. The summed E-state index contributed by atoms with van der Waals surface area (Å²) in [5.74, 6) is -0.236. The number of allylic oxidation sites excluding steroid dienone is 1. The van der Waals surface area contributed by atoms with Gasteiger partial charge >= 0.3 is 5.97 Å². The molecule has 0 aliphatic heterocycles. The molecule has 0 aromatic rings. The molecule has 0 amide bonds. The summed E-state index contributed by atoms with van der Waals surface area (Å²) in [6, 6.07) is 0. The summed E-state index contributed by atoms with van der Waals surface area (Å²) in [5.41, 5.74) is 1.02. The van der Waals surface area contributed by atoms with Crippen molar-refractivity contribution < 1.29 is 9.90 Å². The fraction of sp³-hybridized carbons (Fsp3) is 0.571. The van der Waals surface area contributed by atoms with E-state index in [-0.39, 0.29) is 0 Å². The maximum atomic E-state index is 10.1. The quantitative estimate of drug-likeness (QED) is 0.568. The minimum absolute atomic E-state index is 0.584. The smallest absolute Gasteiger partial charge is 0.328 e. The van der Waals surface area contributed by atoms with E-state index in [1.54, 1.807) is 0 Å². The molecule has 2 heteroatoms. The SMILES string of the molecule is C/C(=C/C(=O)O)C1CC1. The average molecular weight is 126 g/mol. The molecule has 0 unspecified atom stereocenters. The monoisotopic (exact) mass is 126 g/mol. The van der Waals surface area contributed by atoms with Crippen LogP contribution >= 0.6 is 0 Å². The van der Waals surface area contributed by atoms with Crippen molar-refractivity contribution in [2.24, 2.45) is 5.92 Å². The third kappa shape index (κ3) is 1.88. The second-order valence-corrected chi connectivity index (χ2v) is 2.50. The lowest BCUT2D eigenvalue weighted by atomic mass is 10.2. The van der Waals surface area contributed by atoms with Crippen LogP contribution in [0.25, 0.3) is 0 Å². The molecule has 0 radical (unpaired) electrons. The fourth-order valence-electron chi connectivity index (χ4n) is 0.851. The van der Waals surface area contributed by atoms with Gasteiger partial charge in [-0.1, -0.05) is 5.57 Å². The topological polar surface area (TPSA) is 37.3 Å². The highest BCUT2D eigenvalue weighted by atomic mass is 16.4. The van der Waals surface area contributed by atoms with Crippen molar-refractivity contribution in [1.82, 2.24) is 0 Å². The minimum atomic E-state index is -0.820. The molecule has 1 N–H and O–H groups in total. The van der Waals surface area contributed by atoms with Crippen LogP contribution in [0.1, 0.15) is 19.8 Å². The predicted octanol–water partition coefficient (Wildman–Crippen LogP) is 1.43. The van der Waals surface area contributed by atoms with Crippen LogP contribution in [-0.2, 0) is 4.79 Å². The highest BCUT2D eigenvalue weighted by molar-refractivity contribution is 5.80. The minimum Gasteiger partial charge on any atom is -0.478 e. The van der Waals surface area contributed by atoms with Crippen LogP contribution < -0.4 is 0 Å². The Hall–Kier alpha value is -0.790. The van der Waals surface area contributed by atoms with Gasteiger partial charge in [-0.25, -0.2) is 4.79 Å². The fourth-order valence-corrected chi connectivity index (χ4v) is 0.851. The van der Waals surface area contributed by atoms with Crippen molar-refractivity contribution in [1.29, 1.82) is 0 Å². The summed E-state index contributed by atoms with van der Waals surface area (Å²) in [5, 5.41) is 8.28. The standard InChI is InChI=1S/C7H10O2/c1-5(4-7(8)9)6-2-3-6/h4,6H,2-3H2,1H3,(H,8,9)/b5-4-. The van der Waals surface area contributed by atoms with Crippen LogP contribution in [0.3, 0.4) is 0 Å². The lowest BCUT2D eigenvalue weighted by molar-refractivity contribution is -0.131. The van der Waals surface area contributed by atoms with Crippen LogP contribution in [0.15, 0.2) is 11.6 Å². The molecule has 0 bridgehead atoms. The highest BCUT2D eigenvalue weighted by Crippen LogP contribution is 2.35. The summed E-state index contributed by atoms with van der Waals surface area (Å²) in [6.07, 6.45) is 3.66. The van der Waals surface area contributed by atoms with E-state index in [0.29, 0.717) is 5.92 Å². The largest absolute Gasteiger partial charge is 0.478 e. The van der Waals surface area contributed by atoms with Crippen LogP contribution in [-0.4, -0.2) is 11.1 Å². The molecule has 1 aliphatic carbocycles. The number of hydrogen-bond donors (Lipinski definition) is 1. The molecule has 1 saturated carbocycles. The summed E-state index contributed by atoms with van der Waals surface area (Å²) in [6.45, 7) is 1.88. The van der Waals surface area contributed by atoms with Crippen LogP contribution in [0, 0.1) is 5.92 Å². The van der Waals surface area contributed by atoms with Gasteiger partial charge in [0.05, 0.1) is 0 Å². The molecule has 1 rings (SSSR count). The first-order valence-corrected chi connectivity index (χ1v) is 3.11. The molecule has 1 fully saturated rings. The molecular formula is C7H10O2. The first-order chi connectivity index (χ1) is 4.20. The molecule has 0 saturated heterocycles. The second kappa shape index (κ2) is 2.21. The van der Waals surface area contributed by atoms with Crippen molar-refractivity contribution >= 4 is 5.97 Å². The average Bonchev–Trinajstić information content (AvgIpc) is 2.40. The number of carbonyl (C=O) groups is 1. The van der Waals surface area contributed by atoms with E-state index < -0.39 is 5.97 Å². The van der Waals surface area contributed by atoms with E-state index in [9.17, 15) is 4.79 Å². The van der Waals surface area contributed by atoms with Crippen LogP contribution in [0.5, 0.6) is 0 Å². The van der Waals surface area contributed by atoms with Crippen molar-refractivity contribution in [2.75, 3.05) is 0 Å². The summed E-state index contributed by atoms with van der Waals surface area (Å²) < 4.78 is 0. The van der Waals surface area contributed by atoms with E-state index in [1.165, 1.54) is 18.9 Å². The zero-order valence-electron chi connectivity index (χ0n) is 5.42. The molecule has 0 heterocycles. The molecule has 1 aliphatic rings. The van der Waals surface area contributed by atoms with E-state index in [0.717, 1.165) is 5.57 Å². The molecule has 0 spiro atoms. The van der Waals surface area contributed by atoms with Gasteiger partial charge in [0.15, 0.2) is 0 Å². The lowest BCUT2D eigenvalue weighted by Gasteiger charge is -1.90. The van der Waals surface area contributed by atoms with Gasteiger partial charge in [0.2, 0.25) is 0 Å². The van der Waals surface area contributed by atoms with Crippen LogP contribution in [0.2, 0.25) is 0 Å². The Morgan fingerprint density at radius 1 is 1.67 bits per heavy atom. The number of rotatable bonds is 2. The maximum absolute atomic E-state index is 10.1. The van der Waals surface area contributed by atoms with Gasteiger partial charge in [-0.2, -0.15) is 0 Å². The van der Waals surface area contributed by atoms with Crippen LogP contribution in [0.4, 0.5) is 0 Å². The Morgan fingerprint density at radius 3 is 2.56 bits per heavy atom. The van der Waals surface area contributed by atoms with Crippen molar-refractivity contribution in [3.8, 4) is 0 Å². The predicted molar refractivity (Wildman–Crippen MR) is 34.1 cm³/mol. The normalized spacial score (nSPS) is 19.9. The van der Waals surface area contributed by atoms with E-state index in [1.807, 2.05) is 6.92 Å². The molecule has 0 aromatic carbocycles. The Balaban J connectivity index is 2.47. The lowest BCUT2D eigenvalue weighted by Crippen LogP contribution is -1.90. The third-order valence-electron chi connectivity index (χ3n) is 1.57. The van der Waals surface area contributed by atoms with Crippen molar-refractivity contribution in [3.05, 3.63) is 11.6 Å². The van der Waals surface area contributed by atoms with Gasteiger partial charge < -0.3 is 5.11 Å². The van der Waals surface area contributed by atoms with E-state index >= 15 is 0 Å². The molecule has 50 valence electrons. The number of hydrogen-bond acceptors (Lipinski definition) is 1. The van der Waals surface area contributed by atoms with E-state index in [4.69, 9.17) is 5.11 Å². The summed E-state index contributed by atoms with van der Waals surface area (Å²) in [7, 11) is 0. The number of aliphatic carboxylic acids is 1.